The quantitative estimate of drug-likeness (QED) is 0.379. The molecule has 1 aromatic rings. The van der Waals surface area contributed by atoms with Crippen LogP contribution in [0.4, 0.5) is 4.79 Å². The summed E-state index contributed by atoms with van der Waals surface area (Å²) in [5, 5.41) is 2.57. The second-order valence-corrected chi connectivity index (χ2v) is 2.31. The molecule has 78 valence electrons. The van der Waals surface area contributed by atoms with E-state index in [4.69, 9.17) is 5.84 Å². The van der Waals surface area contributed by atoms with Crippen LogP contribution >= 0.6 is 0 Å². The molecule has 0 aromatic heterocycles. The number of amides is 2. The molecule has 0 saturated carbocycles. The van der Waals surface area contributed by atoms with E-state index in [-0.39, 0.29) is 6.03 Å². The van der Waals surface area contributed by atoms with Crippen molar-refractivity contribution < 1.29 is 4.79 Å². The molecule has 4 N–H and O–H groups in total. The van der Waals surface area contributed by atoms with E-state index in [0.717, 1.165) is 5.56 Å². The number of hydrazine groups is 1. The van der Waals surface area contributed by atoms with E-state index >= 15 is 0 Å². The third kappa shape index (κ3) is 5.16. The lowest BCUT2D eigenvalue weighted by Crippen LogP contribution is -2.39. The Morgan fingerprint density at radius 2 is 1.86 bits per heavy atom. The van der Waals surface area contributed by atoms with E-state index in [9.17, 15) is 4.79 Å². The normalized spacial score (nSPS) is 8.21. The summed E-state index contributed by atoms with van der Waals surface area (Å²) < 4.78 is 0. The van der Waals surface area contributed by atoms with Gasteiger partial charge >= 0.3 is 6.03 Å². The van der Waals surface area contributed by atoms with Gasteiger partial charge in [0.05, 0.1) is 0 Å². The van der Waals surface area contributed by atoms with E-state index in [1.165, 1.54) is 0 Å². The maximum Gasteiger partial charge on any atom is 0.329 e. The fourth-order valence-corrected chi connectivity index (χ4v) is 0.829. The Labute approximate surface area is 84.5 Å². The third-order valence-corrected chi connectivity index (χ3v) is 1.43. The van der Waals surface area contributed by atoms with Crippen molar-refractivity contribution in [2.75, 3.05) is 0 Å². The van der Waals surface area contributed by atoms with Crippen LogP contribution in [0.3, 0.4) is 0 Å². The van der Waals surface area contributed by atoms with Gasteiger partial charge in [0.25, 0.3) is 0 Å². The number of hydrogen-bond acceptors (Lipinski definition) is 2. The second kappa shape index (κ2) is 8.07. The van der Waals surface area contributed by atoms with Crippen molar-refractivity contribution in [3.05, 3.63) is 35.9 Å². The highest BCUT2D eigenvalue weighted by Crippen LogP contribution is 1.96. The zero-order valence-electron chi connectivity index (χ0n) is 8.58. The van der Waals surface area contributed by atoms with E-state index in [1.54, 1.807) is 0 Å². The lowest BCUT2D eigenvalue weighted by atomic mass is 10.2. The smallest absolute Gasteiger partial charge is 0.329 e. The maximum atomic E-state index is 10.6. The molecular formula is C10H17N3O. The summed E-state index contributed by atoms with van der Waals surface area (Å²) in [7, 11) is 0. The van der Waals surface area contributed by atoms with Crippen molar-refractivity contribution in [3.8, 4) is 0 Å². The van der Waals surface area contributed by atoms with Gasteiger partial charge in [0, 0.05) is 6.54 Å². The molecule has 0 aliphatic carbocycles. The van der Waals surface area contributed by atoms with Crippen molar-refractivity contribution >= 4 is 6.03 Å². The Balaban J connectivity index is 0.000000791. The molecule has 0 saturated heterocycles. The monoisotopic (exact) mass is 195 g/mol. The highest BCUT2D eigenvalue weighted by molar-refractivity contribution is 5.72. The molecule has 0 heterocycles. The van der Waals surface area contributed by atoms with Crippen LogP contribution in [0, 0.1) is 0 Å². The summed E-state index contributed by atoms with van der Waals surface area (Å²) in [6.07, 6.45) is 0. The maximum absolute atomic E-state index is 10.6. The van der Waals surface area contributed by atoms with Crippen molar-refractivity contribution in [1.82, 2.24) is 10.7 Å². The highest BCUT2D eigenvalue weighted by Gasteiger charge is 1.94. The Bertz CT molecular complexity index is 249. The molecule has 0 aliphatic heterocycles. The van der Waals surface area contributed by atoms with Crippen LogP contribution in [0.15, 0.2) is 30.3 Å². The third-order valence-electron chi connectivity index (χ3n) is 1.43. The van der Waals surface area contributed by atoms with Gasteiger partial charge in [-0.15, -0.1) is 0 Å². The average molecular weight is 195 g/mol. The predicted molar refractivity (Wildman–Crippen MR) is 57.3 cm³/mol. The minimum atomic E-state index is -0.376. The number of urea groups is 1. The number of carbonyl (C=O) groups excluding carboxylic acids is 1. The van der Waals surface area contributed by atoms with Crippen molar-refractivity contribution in [2.24, 2.45) is 5.84 Å². The summed E-state index contributed by atoms with van der Waals surface area (Å²) >= 11 is 0. The average Bonchev–Trinajstić information content (AvgIpc) is 2.30. The first kappa shape index (κ1) is 12.4. The van der Waals surface area contributed by atoms with Gasteiger partial charge in [-0.25, -0.2) is 10.6 Å². The number of carbonyl (C=O) groups is 1. The summed E-state index contributed by atoms with van der Waals surface area (Å²) in [5.41, 5.74) is 3.03. The number of benzene rings is 1. The Morgan fingerprint density at radius 3 is 2.36 bits per heavy atom. The van der Waals surface area contributed by atoms with Gasteiger partial charge in [-0.05, 0) is 5.56 Å². The van der Waals surface area contributed by atoms with E-state index in [2.05, 4.69) is 5.32 Å². The van der Waals surface area contributed by atoms with Gasteiger partial charge in [0.2, 0.25) is 0 Å². The minimum absolute atomic E-state index is 0.376. The number of nitrogens with two attached hydrogens (primary N) is 1. The second-order valence-electron chi connectivity index (χ2n) is 2.31. The topological polar surface area (TPSA) is 67.1 Å². The van der Waals surface area contributed by atoms with Crippen LogP contribution in [0.5, 0.6) is 0 Å². The molecule has 1 rings (SSSR count). The summed E-state index contributed by atoms with van der Waals surface area (Å²) in [6, 6.07) is 9.23. The first-order valence-electron chi connectivity index (χ1n) is 4.61. The molecule has 0 radical (unpaired) electrons. The number of nitrogens with one attached hydrogen (secondary N) is 2. The molecular weight excluding hydrogens is 178 g/mol. The minimum Gasteiger partial charge on any atom is -0.333 e. The Morgan fingerprint density at radius 1 is 1.29 bits per heavy atom. The van der Waals surface area contributed by atoms with Gasteiger partial charge in [0.15, 0.2) is 0 Å². The largest absolute Gasteiger partial charge is 0.333 e. The summed E-state index contributed by atoms with van der Waals surface area (Å²) in [5.74, 6) is 4.87. The summed E-state index contributed by atoms with van der Waals surface area (Å²) in [4.78, 5) is 10.6. The van der Waals surface area contributed by atoms with Crippen LogP contribution in [0.2, 0.25) is 0 Å². The van der Waals surface area contributed by atoms with Crippen molar-refractivity contribution in [1.29, 1.82) is 0 Å². The highest BCUT2D eigenvalue weighted by atomic mass is 16.2. The fourth-order valence-electron chi connectivity index (χ4n) is 0.829. The van der Waals surface area contributed by atoms with Crippen molar-refractivity contribution in [2.45, 2.75) is 20.4 Å². The van der Waals surface area contributed by atoms with E-state index < -0.39 is 0 Å². The van der Waals surface area contributed by atoms with Crippen LogP contribution in [-0.4, -0.2) is 6.03 Å². The van der Waals surface area contributed by atoms with Gasteiger partial charge in [-0.3, -0.25) is 5.43 Å². The number of rotatable bonds is 2. The SMILES string of the molecule is CC.NNC(=O)NCc1ccccc1. The molecule has 0 unspecified atom stereocenters. The van der Waals surface area contributed by atoms with Gasteiger partial charge in [-0.2, -0.15) is 0 Å². The first-order valence-corrected chi connectivity index (χ1v) is 4.61. The standard InChI is InChI=1S/C8H11N3O.C2H6/c9-11-8(12)10-6-7-4-2-1-3-5-7;1-2/h1-5H,6,9H2,(H2,10,11,12);1-2H3. The van der Waals surface area contributed by atoms with Crippen LogP contribution in [0.25, 0.3) is 0 Å². The first-order chi connectivity index (χ1) is 6.83. The Kier molecular flexibility index (Phi) is 7.17. The molecule has 0 fully saturated rings. The molecule has 0 atom stereocenters. The van der Waals surface area contributed by atoms with Crippen LogP contribution in [-0.2, 0) is 6.54 Å². The molecule has 2 amide bonds. The fraction of sp³-hybridized carbons (Fsp3) is 0.300. The zero-order valence-corrected chi connectivity index (χ0v) is 8.58. The predicted octanol–water partition coefficient (Wildman–Crippen LogP) is 1.39. The molecule has 0 bridgehead atoms. The summed E-state index contributed by atoms with van der Waals surface area (Å²) in [6.45, 7) is 4.49. The lowest BCUT2D eigenvalue weighted by Gasteiger charge is -2.02. The van der Waals surface area contributed by atoms with E-state index in [0.29, 0.717) is 6.54 Å². The van der Waals surface area contributed by atoms with Gasteiger partial charge < -0.3 is 5.32 Å². The molecule has 14 heavy (non-hydrogen) atoms. The molecule has 0 spiro atoms. The lowest BCUT2D eigenvalue weighted by molar-refractivity contribution is 0.241. The van der Waals surface area contributed by atoms with E-state index in [1.807, 2.05) is 49.6 Å². The van der Waals surface area contributed by atoms with Crippen molar-refractivity contribution in [3.63, 3.8) is 0 Å². The molecule has 4 nitrogen and oxygen atoms in total. The molecule has 1 aromatic carbocycles. The molecule has 4 heteroatoms. The molecule has 0 aliphatic rings. The zero-order chi connectivity index (χ0) is 10.8. The van der Waals surface area contributed by atoms with Gasteiger partial charge in [-0.1, -0.05) is 44.2 Å². The van der Waals surface area contributed by atoms with Crippen LogP contribution < -0.4 is 16.6 Å². The van der Waals surface area contributed by atoms with Crippen LogP contribution in [0.1, 0.15) is 19.4 Å². The number of hydrogen-bond donors (Lipinski definition) is 3. The Hall–Kier alpha value is -1.55. The van der Waals surface area contributed by atoms with Gasteiger partial charge in [0.1, 0.15) is 0 Å².